The number of nitrogens with one attached hydrogen (secondary N) is 1. The molecule has 1 aromatic heterocycles. The van der Waals surface area contributed by atoms with Crippen LogP contribution >= 0.6 is 0 Å². The fraction of sp³-hybridized carbons (Fsp3) is 0.688. The van der Waals surface area contributed by atoms with E-state index in [0.717, 1.165) is 18.1 Å². The molecule has 1 fully saturated rings. The van der Waals surface area contributed by atoms with Gasteiger partial charge in [-0.15, -0.1) is 0 Å². The molecule has 1 amide bonds. The molecule has 1 aromatic rings. The highest BCUT2D eigenvalue weighted by molar-refractivity contribution is 5.82. The quantitative estimate of drug-likeness (QED) is 0.848. The molecule has 0 saturated carbocycles. The molecule has 0 unspecified atom stereocenters. The van der Waals surface area contributed by atoms with Gasteiger partial charge in [0.15, 0.2) is 0 Å². The van der Waals surface area contributed by atoms with Crippen molar-refractivity contribution in [2.75, 3.05) is 6.54 Å². The van der Waals surface area contributed by atoms with Gasteiger partial charge in [0.2, 0.25) is 5.91 Å². The van der Waals surface area contributed by atoms with Crippen LogP contribution in [0.5, 0.6) is 0 Å². The Kier molecular flexibility index (Phi) is 5.47. The Balaban J connectivity index is 2.09. The second-order valence-electron chi connectivity index (χ2n) is 6.67. The third kappa shape index (κ3) is 4.24. The van der Waals surface area contributed by atoms with Gasteiger partial charge >= 0.3 is 0 Å². The summed E-state index contributed by atoms with van der Waals surface area (Å²) >= 11 is 0. The Morgan fingerprint density at radius 3 is 2.82 bits per heavy atom. The molecule has 0 spiro atoms. The highest BCUT2D eigenvalue weighted by Crippen LogP contribution is 2.20. The van der Waals surface area contributed by atoms with Crippen LogP contribution in [0.2, 0.25) is 0 Å². The standard InChI is InChI=1S/C16H27N5O/c1-10(2)15-18-6-5-13(20-15)9-21-8-12(17)7-14(21)16(22)19-11(3)4/h5-6,10-12,14H,7-9,17H2,1-4H3,(H,19,22)/t12-,14+/m1/s1. The van der Waals surface area contributed by atoms with Gasteiger partial charge in [0.25, 0.3) is 0 Å². The van der Waals surface area contributed by atoms with Gasteiger partial charge in [-0.05, 0) is 26.3 Å². The lowest BCUT2D eigenvalue weighted by Crippen LogP contribution is -2.45. The molecule has 2 heterocycles. The van der Waals surface area contributed by atoms with Gasteiger partial charge in [0.05, 0.1) is 11.7 Å². The average molecular weight is 305 g/mol. The highest BCUT2D eigenvalue weighted by Gasteiger charge is 2.35. The predicted molar refractivity (Wildman–Crippen MR) is 86.2 cm³/mol. The van der Waals surface area contributed by atoms with Crippen LogP contribution in [-0.2, 0) is 11.3 Å². The summed E-state index contributed by atoms with van der Waals surface area (Å²) in [5, 5.41) is 2.98. The van der Waals surface area contributed by atoms with Crippen LogP contribution in [0, 0.1) is 0 Å². The van der Waals surface area contributed by atoms with E-state index in [1.165, 1.54) is 0 Å². The molecule has 0 aromatic carbocycles. The topological polar surface area (TPSA) is 84.1 Å². The number of likely N-dealkylation sites (tertiary alicyclic amines) is 1. The molecule has 6 heteroatoms. The smallest absolute Gasteiger partial charge is 0.237 e. The zero-order chi connectivity index (χ0) is 16.3. The van der Waals surface area contributed by atoms with Gasteiger partial charge in [0, 0.05) is 37.3 Å². The SMILES string of the molecule is CC(C)NC(=O)[C@@H]1C[C@@H](N)CN1Cc1ccnc(C(C)C)n1. The fourth-order valence-corrected chi connectivity index (χ4v) is 2.75. The normalized spacial score (nSPS) is 22.5. The van der Waals surface area contributed by atoms with Crippen molar-refractivity contribution in [3.8, 4) is 0 Å². The number of carbonyl (C=O) groups is 1. The van der Waals surface area contributed by atoms with Crippen LogP contribution < -0.4 is 11.1 Å². The first-order chi connectivity index (χ1) is 10.4. The van der Waals surface area contributed by atoms with Crippen LogP contribution in [0.3, 0.4) is 0 Å². The van der Waals surface area contributed by atoms with Crippen molar-refractivity contribution in [3.05, 3.63) is 23.8 Å². The third-order valence-electron chi connectivity index (χ3n) is 3.78. The number of rotatable bonds is 5. The Morgan fingerprint density at radius 2 is 2.18 bits per heavy atom. The summed E-state index contributed by atoms with van der Waals surface area (Å²) in [5.41, 5.74) is 7.00. The molecule has 6 nitrogen and oxygen atoms in total. The molecule has 22 heavy (non-hydrogen) atoms. The Bertz CT molecular complexity index is 517. The van der Waals surface area contributed by atoms with Gasteiger partial charge in [-0.2, -0.15) is 0 Å². The maximum atomic E-state index is 12.3. The molecular formula is C16H27N5O. The monoisotopic (exact) mass is 305 g/mol. The zero-order valence-corrected chi connectivity index (χ0v) is 13.9. The van der Waals surface area contributed by atoms with E-state index in [9.17, 15) is 4.79 Å². The first-order valence-electron chi connectivity index (χ1n) is 7.98. The van der Waals surface area contributed by atoms with Crippen molar-refractivity contribution in [1.82, 2.24) is 20.2 Å². The molecule has 1 aliphatic heterocycles. The first kappa shape index (κ1) is 16.8. The molecule has 1 saturated heterocycles. The Morgan fingerprint density at radius 1 is 1.45 bits per heavy atom. The Hall–Kier alpha value is -1.53. The van der Waals surface area contributed by atoms with Crippen molar-refractivity contribution in [3.63, 3.8) is 0 Å². The molecule has 0 bridgehead atoms. The van der Waals surface area contributed by atoms with Crippen molar-refractivity contribution in [2.45, 2.75) is 64.7 Å². The van der Waals surface area contributed by atoms with E-state index >= 15 is 0 Å². The van der Waals surface area contributed by atoms with Crippen LogP contribution in [0.25, 0.3) is 0 Å². The van der Waals surface area contributed by atoms with Crippen LogP contribution in [0.1, 0.15) is 51.6 Å². The minimum atomic E-state index is -0.171. The maximum absolute atomic E-state index is 12.3. The molecule has 1 aliphatic rings. The maximum Gasteiger partial charge on any atom is 0.237 e. The molecule has 0 radical (unpaired) electrons. The van der Waals surface area contributed by atoms with Gasteiger partial charge in [0.1, 0.15) is 5.82 Å². The number of carbonyl (C=O) groups excluding carboxylic acids is 1. The third-order valence-corrected chi connectivity index (χ3v) is 3.78. The van der Waals surface area contributed by atoms with Crippen molar-refractivity contribution >= 4 is 5.91 Å². The first-order valence-corrected chi connectivity index (χ1v) is 7.98. The number of nitrogens with two attached hydrogens (primary N) is 1. The summed E-state index contributed by atoms with van der Waals surface area (Å²) in [6.45, 7) is 9.43. The Labute approximate surface area is 132 Å². The summed E-state index contributed by atoms with van der Waals surface area (Å²) in [4.78, 5) is 23.3. The fourth-order valence-electron chi connectivity index (χ4n) is 2.75. The number of amides is 1. The molecule has 0 aliphatic carbocycles. The van der Waals surface area contributed by atoms with Gasteiger partial charge in [-0.25, -0.2) is 9.97 Å². The molecule has 2 atom stereocenters. The van der Waals surface area contributed by atoms with Crippen molar-refractivity contribution in [1.29, 1.82) is 0 Å². The van der Waals surface area contributed by atoms with Gasteiger partial charge in [-0.3, -0.25) is 9.69 Å². The van der Waals surface area contributed by atoms with Crippen molar-refractivity contribution in [2.24, 2.45) is 5.73 Å². The number of hydrogen-bond donors (Lipinski definition) is 2. The molecule has 2 rings (SSSR count). The van der Waals surface area contributed by atoms with E-state index < -0.39 is 0 Å². The summed E-state index contributed by atoms with van der Waals surface area (Å²) in [5.74, 6) is 1.19. The zero-order valence-electron chi connectivity index (χ0n) is 13.9. The molecule has 122 valence electrons. The number of hydrogen-bond acceptors (Lipinski definition) is 5. The van der Waals surface area contributed by atoms with E-state index in [4.69, 9.17) is 5.73 Å². The van der Waals surface area contributed by atoms with E-state index in [1.54, 1.807) is 6.20 Å². The second-order valence-corrected chi connectivity index (χ2v) is 6.67. The number of nitrogens with zero attached hydrogens (tertiary/aromatic N) is 3. The minimum absolute atomic E-state index is 0.0364. The summed E-state index contributed by atoms with van der Waals surface area (Å²) in [6, 6.07) is 1.91. The van der Waals surface area contributed by atoms with Crippen LogP contribution in [-0.4, -0.2) is 45.4 Å². The van der Waals surface area contributed by atoms with E-state index in [-0.39, 0.29) is 24.0 Å². The summed E-state index contributed by atoms with van der Waals surface area (Å²) in [6.07, 6.45) is 2.48. The summed E-state index contributed by atoms with van der Waals surface area (Å²) in [7, 11) is 0. The molecule has 3 N–H and O–H groups in total. The van der Waals surface area contributed by atoms with Crippen molar-refractivity contribution < 1.29 is 4.79 Å². The largest absolute Gasteiger partial charge is 0.353 e. The lowest BCUT2D eigenvalue weighted by molar-refractivity contribution is -0.126. The lowest BCUT2D eigenvalue weighted by Gasteiger charge is -2.24. The summed E-state index contributed by atoms with van der Waals surface area (Å²) < 4.78 is 0. The minimum Gasteiger partial charge on any atom is -0.353 e. The average Bonchev–Trinajstić information content (AvgIpc) is 2.79. The highest BCUT2D eigenvalue weighted by atomic mass is 16.2. The van der Waals surface area contributed by atoms with E-state index in [1.807, 2.05) is 19.9 Å². The number of aromatic nitrogens is 2. The van der Waals surface area contributed by atoms with Crippen LogP contribution in [0.4, 0.5) is 0 Å². The van der Waals surface area contributed by atoms with E-state index in [2.05, 4.69) is 34.0 Å². The second kappa shape index (κ2) is 7.15. The van der Waals surface area contributed by atoms with Gasteiger partial charge < -0.3 is 11.1 Å². The van der Waals surface area contributed by atoms with Gasteiger partial charge in [-0.1, -0.05) is 13.8 Å². The van der Waals surface area contributed by atoms with Crippen LogP contribution in [0.15, 0.2) is 12.3 Å². The van der Waals surface area contributed by atoms with E-state index in [0.29, 0.717) is 18.9 Å². The lowest BCUT2D eigenvalue weighted by atomic mass is 10.1. The predicted octanol–water partition coefficient (Wildman–Crippen LogP) is 1.03. The molecular weight excluding hydrogens is 278 g/mol.